The molecule has 1 rings (SSSR count). The van der Waals surface area contributed by atoms with E-state index in [1.165, 1.54) is 0 Å². The number of carbonyl (C=O) groups excluding carboxylic acids is 2. The van der Waals surface area contributed by atoms with Crippen LogP contribution >= 0.6 is 0 Å². The first-order valence-corrected chi connectivity index (χ1v) is 7.41. The van der Waals surface area contributed by atoms with E-state index < -0.39 is 23.4 Å². The fourth-order valence-electron chi connectivity index (χ4n) is 1.50. The van der Waals surface area contributed by atoms with Gasteiger partial charge in [-0.05, 0) is 47.1 Å². The lowest BCUT2D eigenvalue weighted by Gasteiger charge is -2.27. The zero-order valence-corrected chi connectivity index (χ0v) is 14.6. The lowest BCUT2D eigenvalue weighted by Crippen LogP contribution is -2.43. The Balaban J connectivity index is 2.83. The van der Waals surface area contributed by atoms with Crippen LogP contribution in [0.2, 0.25) is 0 Å². The van der Waals surface area contributed by atoms with Crippen molar-refractivity contribution in [1.82, 2.24) is 5.06 Å². The van der Waals surface area contributed by atoms with Crippen molar-refractivity contribution in [2.45, 2.75) is 59.4 Å². The normalized spacial score (nSPS) is 11.7. The minimum atomic E-state index is -0.914. The summed E-state index contributed by atoms with van der Waals surface area (Å²) in [6.45, 7) is 10.3. The fourth-order valence-corrected chi connectivity index (χ4v) is 1.50. The van der Waals surface area contributed by atoms with E-state index in [2.05, 4.69) is 0 Å². The summed E-state index contributed by atoms with van der Waals surface area (Å²) in [6, 6.07) is 9.18. The highest BCUT2D eigenvalue weighted by Gasteiger charge is 2.32. The summed E-state index contributed by atoms with van der Waals surface area (Å²) in [4.78, 5) is 29.7. The number of rotatable bonds is 3. The Hall–Kier alpha value is -2.08. The van der Waals surface area contributed by atoms with Crippen LogP contribution in [0.25, 0.3) is 0 Å². The van der Waals surface area contributed by atoms with Gasteiger partial charge in [0.15, 0.2) is 0 Å². The predicted octanol–water partition coefficient (Wildman–Crippen LogP) is 4.29. The molecule has 0 saturated carbocycles. The molecule has 2 amide bonds. The number of imide groups is 1. The molecule has 0 spiro atoms. The van der Waals surface area contributed by atoms with Gasteiger partial charge in [0.2, 0.25) is 0 Å². The molecule has 0 aliphatic rings. The number of ether oxygens (including phenoxy) is 2. The molecule has 0 atom stereocenters. The Kier molecular flexibility index (Phi) is 6.15. The van der Waals surface area contributed by atoms with E-state index in [0.29, 0.717) is 5.06 Å². The molecular weight excluding hydrogens is 298 g/mol. The van der Waals surface area contributed by atoms with E-state index in [4.69, 9.17) is 14.3 Å². The van der Waals surface area contributed by atoms with Crippen LogP contribution < -0.4 is 0 Å². The smallest absolute Gasteiger partial charge is 0.442 e. The molecule has 0 unspecified atom stereocenters. The van der Waals surface area contributed by atoms with Crippen molar-refractivity contribution in [2.24, 2.45) is 0 Å². The molecule has 0 bridgehead atoms. The Morgan fingerprint density at radius 3 is 1.70 bits per heavy atom. The predicted molar refractivity (Wildman–Crippen MR) is 85.5 cm³/mol. The maximum atomic E-state index is 12.2. The summed E-state index contributed by atoms with van der Waals surface area (Å²) in [5, 5.41) is 0.517. The molecule has 23 heavy (non-hydrogen) atoms. The number of amides is 2. The topological polar surface area (TPSA) is 65.1 Å². The third-order valence-electron chi connectivity index (χ3n) is 2.32. The summed E-state index contributed by atoms with van der Waals surface area (Å²) in [7, 11) is 0. The standard InChI is InChI=1S/C17H25NO5/c1-16(2,3)22-14(19)18(15(20)23-17(4,5)6)21-12-13-10-8-7-9-11-13/h7-11H,12H2,1-6H3. The summed E-state index contributed by atoms with van der Waals surface area (Å²) in [5.41, 5.74) is -0.703. The number of hydrogen-bond donors (Lipinski definition) is 0. The van der Waals surface area contributed by atoms with Gasteiger partial charge >= 0.3 is 12.2 Å². The van der Waals surface area contributed by atoms with Crippen LogP contribution in [0.1, 0.15) is 47.1 Å². The van der Waals surface area contributed by atoms with E-state index in [1.54, 1.807) is 41.5 Å². The maximum Gasteiger partial charge on any atom is 0.444 e. The van der Waals surface area contributed by atoms with Gasteiger partial charge in [0, 0.05) is 0 Å². The average Bonchev–Trinajstić information content (AvgIpc) is 2.35. The molecule has 0 aliphatic heterocycles. The molecule has 1 aromatic carbocycles. The third-order valence-corrected chi connectivity index (χ3v) is 2.32. The van der Waals surface area contributed by atoms with Crippen LogP contribution in [0.3, 0.4) is 0 Å². The van der Waals surface area contributed by atoms with Crippen molar-refractivity contribution in [2.75, 3.05) is 0 Å². The van der Waals surface area contributed by atoms with E-state index in [0.717, 1.165) is 5.56 Å². The summed E-state index contributed by atoms with van der Waals surface area (Å²) >= 11 is 0. The van der Waals surface area contributed by atoms with E-state index in [9.17, 15) is 9.59 Å². The van der Waals surface area contributed by atoms with Gasteiger partial charge in [-0.15, -0.1) is 0 Å². The Morgan fingerprint density at radius 1 is 0.870 bits per heavy atom. The van der Waals surface area contributed by atoms with Gasteiger partial charge in [-0.25, -0.2) is 9.59 Å². The number of hydroxylamine groups is 2. The van der Waals surface area contributed by atoms with E-state index in [1.807, 2.05) is 30.3 Å². The lowest BCUT2D eigenvalue weighted by molar-refractivity contribution is -0.146. The van der Waals surface area contributed by atoms with Gasteiger partial charge in [-0.3, -0.25) is 4.84 Å². The van der Waals surface area contributed by atoms with Crippen LogP contribution in [0.4, 0.5) is 9.59 Å². The van der Waals surface area contributed by atoms with Gasteiger partial charge in [-0.1, -0.05) is 35.4 Å². The molecule has 0 aromatic heterocycles. The molecule has 6 heteroatoms. The summed E-state index contributed by atoms with van der Waals surface area (Å²) < 4.78 is 10.4. The molecule has 0 radical (unpaired) electrons. The number of carbonyl (C=O) groups is 2. The Morgan fingerprint density at radius 2 is 1.30 bits per heavy atom. The second kappa shape index (κ2) is 7.46. The highest BCUT2D eigenvalue weighted by atomic mass is 16.8. The van der Waals surface area contributed by atoms with E-state index >= 15 is 0 Å². The molecule has 128 valence electrons. The summed E-state index contributed by atoms with van der Waals surface area (Å²) in [5.74, 6) is 0. The van der Waals surface area contributed by atoms with Crippen molar-refractivity contribution < 1.29 is 23.9 Å². The van der Waals surface area contributed by atoms with Gasteiger partial charge in [-0.2, -0.15) is 0 Å². The Bertz CT molecular complexity index is 500. The van der Waals surface area contributed by atoms with Crippen molar-refractivity contribution in [3.05, 3.63) is 35.9 Å². The minimum absolute atomic E-state index is 0.0410. The third kappa shape index (κ3) is 7.65. The van der Waals surface area contributed by atoms with Crippen LogP contribution in [-0.2, 0) is 20.9 Å². The highest BCUT2D eigenvalue weighted by Crippen LogP contribution is 2.16. The van der Waals surface area contributed by atoms with Gasteiger partial charge in [0.1, 0.15) is 17.8 Å². The zero-order valence-electron chi connectivity index (χ0n) is 14.6. The molecule has 0 N–H and O–H groups in total. The average molecular weight is 323 g/mol. The molecule has 0 fully saturated rings. The van der Waals surface area contributed by atoms with Crippen LogP contribution in [-0.4, -0.2) is 28.5 Å². The number of benzene rings is 1. The lowest BCUT2D eigenvalue weighted by atomic mass is 10.2. The SMILES string of the molecule is CC(C)(C)OC(=O)N(OCc1ccccc1)C(=O)OC(C)(C)C. The molecule has 0 heterocycles. The van der Waals surface area contributed by atoms with Crippen LogP contribution in [0, 0.1) is 0 Å². The zero-order chi connectivity index (χ0) is 17.7. The van der Waals surface area contributed by atoms with Gasteiger partial charge < -0.3 is 9.47 Å². The van der Waals surface area contributed by atoms with Gasteiger partial charge in [0.25, 0.3) is 0 Å². The molecule has 1 aromatic rings. The van der Waals surface area contributed by atoms with Crippen molar-refractivity contribution in [1.29, 1.82) is 0 Å². The molecular formula is C17H25NO5. The van der Waals surface area contributed by atoms with Gasteiger partial charge in [0.05, 0.1) is 0 Å². The molecule has 0 saturated heterocycles. The maximum absolute atomic E-state index is 12.2. The Labute approximate surface area is 137 Å². The summed E-state index contributed by atoms with van der Waals surface area (Å²) in [6.07, 6.45) is -1.83. The second-order valence-electron chi connectivity index (χ2n) is 7.01. The van der Waals surface area contributed by atoms with Crippen molar-refractivity contribution in [3.63, 3.8) is 0 Å². The fraction of sp³-hybridized carbons (Fsp3) is 0.529. The van der Waals surface area contributed by atoms with Crippen LogP contribution in [0.15, 0.2) is 30.3 Å². The first-order valence-electron chi connectivity index (χ1n) is 7.41. The van der Waals surface area contributed by atoms with Crippen LogP contribution in [0.5, 0.6) is 0 Å². The highest BCUT2D eigenvalue weighted by molar-refractivity contribution is 5.86. The minimum Gasteiger partial charge on any atom is -0.442 e. The number of nitrogens with zero attached hydrogens (tertiary/aromatic N) is 1. The van der Waals surface area contributed by atoms with Crippen molar-refractivity contribution >= 4 is 12.2 Å². The molecule has 0 aliphatic carbocycles. The first-order chi connectivity index (χ1) is 10.5. The second-order valence-corrected chi connectivity index (χ2v) is 7.01. The first kappa shape index (κ1) is 19.0. The van der Waals surface area contributed by atoms with E-state index in [-0.39, 0.29) is 6.61 Å². The quantitative estimate of drug-likeness (QED) is 0.776. The van der Waals surface area contributed by atoms with Crippen molar-refractivity contribution in [3.8, 4) is 0 Å². The largest absolute Gasteiger partial charge is 0.444 e. The molecule has 6 nitrogen and oxygen atoms in total. The number of hydrogen-bond acceptors (Lipinski definition) is 5. The monoisotopic (exact) mass is 323 g/mol.